The van der Waals surface area contributed by atoms with E-state index in [-0.39, 0.29) is 0 Å². The Balaban J connectivity index is 1.92. The van der Waals surface area contributed by atoms with E-state index in [0.717, 1.165) is 27.8 Å². The Kier molecular flexibility index (Phi) is 5.34. The van der Waals surface area contributed by atoms with E-state index in [2.05, 4.69) is 140 Å². The number of para-hydroxylation sites is 1. The van der Waals surface area contributed by atoms with E-state index in [1.54, 1.807) is 0 Å². The Hall–Kier alpha value is -4.06. The van der Waals surface area contributed by atoms with Crippen molar-refractivity contribution in [2.24, 2.45) is 7.05 Å². The lowest BCUT2D eigenvalue weighted by atomic mass is 9.94. The van der Waals surface area contributed by atoms with Crippen molar-refractivity contribution in [3.05, 3.63) is 149 Å². The first-order chi connectivity index (χ1) is 15.7. The molecule has 0 radical (unpaired) electrons. The molecule has 32 heavy (non-hydrogen) atoms. The molecule has 0 amide bonds. The lowest BCUT2D eigenvalue weighted by Gasteiger charge is -2.12. The minimum atomic E-state index is 1.09. The zero-order chi connectivity index (χ0) is 21.9. The Morgan fingerprint density at radius 1 is 0.562 bits per heavy atom. The van der Waals surface area contributed by atoms with Gasteiger partial charge in [0.2, 0.25) is 0 Å². The van der Waals surface area contributed by atoms with Crippen molar-refractivity contribution >= 4 is 22.0 Å². The fourth-order valence-corrected chi connectivity index (χ4v) is 4.46. The lowest BCUT2D eigenvalue weighted by Crippen LogP contribution is -1.99. The van der Waals surface area contributed by atoms with Gasteiger partial charge in [0.25, 0.3) is 0 Å². The van der Waals surface area contributed by atoms with Crippen molar-refractivity contribution in [3.63, 3.8) is 0 Å². The summed E-state index contributed by atoms with van der Waals surface area (Å²) in [5.74, 6) is 0. The van der Waals surface area contributed by atoms with Crippen LogP contribution in [0.2, 0.25) is 0 Å². The first-order valence-electron chi connectivity index (χ1n) is 11.0. The molecule has 5 aromatic rings. The van der Waals surface area contributed by atoms with E-state index in [4.69, 9.17) is 0 Å². The number of nitrogens with zero attached hydrogens (tertiary/aromatic N) is 1. The first-order valence-corrected chi connectivity index (χ1v) is 11.0. The maximum absolute atomic E-state index is 3.87. The third kappa shape index (κ3) is 3.60. The summed E-state index contributed by atoms with van der Waals surface area (Å²) >= 11 is 0. The number of rotatable bonds is 4. The monoisotopic (exact) mass is 411 g/mol. The molecule has 0 aliphatic rings. The van der Waals surface area contributed by atoms with Crippen LogP contribution < -0.4 is 0 Å². The number of aryl methyl sites for hydroxylation is 2. The molecule has 5 rings (SSSR count). The van der Waals surface area contributed by atoms with Crippen LogP contribution in [0.15, 0.2) is 121 Å². The topological polar surface area (TPSA) is 4.93 Å². The molecule has 0 aliphatic carbocycles. The van der Waals surface area contributed by atoms with E-state index < -0.39 is 0 Å². The number of aromatic nitrogens is 1. The molecule has 0 saturated heterocycles. The van der Waals surface area contributed by atoms with Crippen molar-refractivity contribution in [3.8, 4) is 0 Å². The van der Waals surface area contributed by atoms with E-state index in [0.29, 0.717) is 0 Å². The van der Waals surface area contributed by atoms with Gasteiger partial charge in [0.15, 0.2) is 0 Å². The molecule has 1 heteroatoms. The van der Waals surface area contributed by atoms with Crippen molar-refractivity contribution in [2.75, 3.05) is 0 Å². The highest BCUT2D eigenvalue weighted by atomic mass is 15.0. The predicted octanol–water partition coefficient (Wildman–Crippen LogP) is 7.65. The Bertz CT molecular complexity index is 1350. The third-order valence-corrected chi connectivity index (χ3v) is 6.03. The Labute approximate surface area is 189 Å². The van der Waals surface area contributed by atoms with Crippen LogP contribution in [0.1, 0.15) is 27.9 Å². The Morgan fingerprint density at radius 3 is 1.50 bits per heavy atom. The molecular formula is C31H25N. The standard InChI is InChI=1S/C31H25N/c1-23-27-20-12-13-21-30(27)32(2)31(23)29(26-18-10-5-11-19-26)22-28(24-14-6-3-7-15-24)25-16-8-4-9-17-25/h3-21H,1-2H3. The van der Waals surface area contributed by atoms with Gasteiger partial charge in [0, 0.05) is 29.1 Å². The molecule has 0 saturated carbocycles. The molecule has 0 aliphatic heterocycles. The minimum absolute atomic E-state index is 1.09. The second-order valence-corrected chi connectivity index (χ2v) is 8.02. The lowest BCUT2D eigenvalue weighted by molar-refractivity contribution is 0.942. The van der Waals surface area contributed by atoms with Gasteiger partial charge >= 0.3 is 0 Å². The summed E-state index contributed by atoms with van der Waals surface area (Å²) in [6.07, 6.45) is 0. The number of hydrogen-bond donors (Lipinski definition) is 0. The average molecular weight is 412 g/mol. The van der Waals surface area contributed by atoms with Crippen molar-refractivity contribution in [1.82, 2.24) is 4.57 Å². The molecular weight excluding hydrogens is 386 g/mol. The normalized spacial score (nSPS) is 10.7. The quantitative estimate of drug-likeness (QED) is 0.268. The van der Waals surface area contributed by atoms with E-state index in [9.17, 15) is 0 Å². The van der Waals surface area contributed by atoms with Crippen LogP contribution in [0, 0.1) is 6.92 Å². The van der Waals surface area contributed by atoms with Gasteiger partial charge in [0.05, 0.1) is 5.69 Å². The molecule has 1 aromatic heterocycles. The van der Waals surface area contributed by atoms with Crippen LogP contribution in [0.4, 0.5) is 0 Å². The highest BCUT2D eigenvalue weighted by Crippen LogP contribution is 2.34. The fraction of sp³-hybridized carbons (Fsp3) is 0.0645. The molecule has 0 N–H and O–H groups in total. The molecule has 0 fully saturated rings. The highest BCUT2D eigenvalue weighted by Gasteiger charge is 2.17. The van der Waals surface area contributed by atoms with Crippen LogP contribution in [-0.2, 0) is 7.05 Å². The van der Waals surface area contributed by atoms with E-state index >= 15 is 0 Å². The van der Waals surface area contributed by atoms with Crippen LogP contribution in [0.25, 0.3) is 22.0 Å². The van der Waals surface area contributed by atoms with Gasteiger partial charge < -0.3 is 4.57 Å². The predicted molar refractivity (Wildman–Crippen MR) is 136 cm³/mol. The van der Waals surface area contributed by atoms with Crippen LogP contribution in [-0.4, -0.2) is 4.57 Å². The zero-order valence-corrected chi connectivity index (χ0v) is 18.4. The zero-order valence-electron chi connectivity index (χ0n) is 18.4. The number of hydrogen-bond acceptors (Lipinski definition) is 0. The molecule has 0 unspecified atom stereocenters. The summed E-state index contributed by atoms with van der Waals surface area (Å²) in [6, 6.07) is 40.3. The van der Waals surface area contributed by atoms with Gasteiger partial charge in [-0.1, -0.05) is 109 Å². The first kappa shape index (κ1) is 19.9. The summed E-state index contributed by atoms with van der Waals surface area (Å²) in [4.78, 5) is 0. The van der Waals surface area contributed by atoms with Gasteiger partial charge in [-0.25, -0.2) is 0 Å². The second kappa shape index (κ2) is 8.59. The smallest absolute Gasteiger partial charge is 0.0603 e. The molecule has 1 nitrogen and oxygen atoms in total. The summed E-state index contributed by atoms with van der Waals surface area (Å²) in [5, 5.41) is 1.28. The van der Waals surface area contributed by atoms with Crippen molar-refractivity contribution in [1.29, 1.82) is 0 Å². The number of fused-ring (bicyclic) bond motifs is 1. The number of benzene rings is 4. The fourth-order valence-electron chi connectivity index (χ4n) is 4.46. The maximum Gasteiger partial charge on any atom is 0.0603 e. The summed E-state index contributed by atoms with van der Waals surface area (Å²) in [6.45, 7) is 2.22. The van der Waals surface area contributed by atoms with E-state index in [1.165, 1.54) is 22.2 Å². The van der Waals surface area contributed by atoms with Gasteiger partial charge in [-0.3, -0.25) is 0 Å². The second-order valence-electron chi connectivity index (χ2n) is 8.02. The largest absolute Gasteiger partial charge is 0.343 e. The molecule has 0 spiro atoms. The maximum atomic E-state index is 3.87. The minimum Gasteiger partial charge on any atom is -0.343 e. The van der Waals surface area contributed by atoms with Gasteiger partial charge in [-0.05, 0) is 35.2 Å². The van der Waals surface area contributed by atoms with E-state index in [1.807, 2.05) is 0 Å². The molecule has 0 atom stereocenters. The van der Waals surface area contributed by atoms with Crippen molar-refractivity contribution in [2.45, 2.75) is 6.92 Å². The molecule has 154 valence electrons. The summed E-state index contributed by atoms with van der Waals surface area (Å²) in [5.41, 5.74) is 13.2. The third-order valence-electron chi connectivity index (χ3n) is 6.03. The van der Waals surface area contributed by atoms with Crippen LogP contribution >= 0.6 is 0 Å². The molecule has 1 heterocycles. The average Bonchev–Trinajstić information content (AvgIpc) is 3.12. The molecule has 0 bridgehead atoms. The summed E-state index contributed by atoms with van der Waals surface area (Å²) < 4.78 is 2.30. The Morgan fingerprint density at radius 2 is 1.00 bits per heavy atom. The van der Waals surface area contributed by atoms with Gasteiger partial charge in [-0.15, -0.1) is 5.73 Å². The highest BCUT2D eigenvalue weighted by molar-refractivity contribution is 5.95. The van der Waals surface area contributed by atoms with Crippen LogP contribution in [0.5, 0.6) is 0 Å². The molecule has 4 aromatic carbocycles. The summed E-state index contributed by atoms with van der Waals surface area (Å²) in [7, 11) is 2.15. The SMILES string of the molecule is Cc1c(C(=C=C(c2ccccc2)c2ccccc2)c2ccccc2)n(C)c2ccccc12. The van der Waals surface area contributed by atoms with Crippen molar-refractivity contribution < 1.29 is 0 Å². The van der Waals surface area contributed by atoms with Gasteiger partial charge in [-0.2, -0.15) is 0 Å². The van der Waals surface area contributed by atoms with Gasteiger partial charge in [0.1, 0.15) is 0 Å². The van der Waals surface area contributed by atoms with Crippen LogP contribution in [0.3, 0.4) is 0 Å².